The summed E-state index contributed by atoms with van der Waals surface area (Å²) < 4.78 is 25.1. The maximum Gasteiger partial charge on any atom is 0.418 e. The van der Waals surface area contributed by atoms with Crippen LogP contribution in [-0.2, 0) is 4.74 Å². The predicted octanol–water partition coefficient (Wildman–Crippen LogP) is 4.13. The number of ether oxygens (including phenoxy) is 2. The Morgan fingerprint density at radius 1 is 1.30 bits per heavy atom. The predicted molar refractivity (Wildman–Crippen MR) is 77.0 cm³/mol. The summed E-state index contributed by atoms with van der Waals surface area (Å²) in [5.74, 6) is -0.0912. The summed E-state index contributed by atoms with van der Waals surface area (Å²) >= 11 is 0. The van der Waals surface area contributed by atoms with Crippen molar-refractivity contribution in [2.24, 2.45) is 0 Å². The SMILES string of the molecule is CC.CCOC(=O)n1c(C)cc2cc(OC)cc(F)c21. The summed E-state index contributed by atoms with van der Waals surface area (Å²) in [6, 6.07) is 4.65. The number of benzene rings is 1. The average molecular weight is 281 g/mol. The van der Waals surface area contributed by atoms with Crippen molar-refractivity contribution in [1.29, 1.82) is 0 Å². The number of methoxy groups -OCH3 is 1. The number of rotatable bonds is 2. The number of fused-ring (bicyclic) bond motifs is 1. The molecule has 1 aromatic carbocycles. The van der Waals surface area contributed by atoms with E-state index in [-0.39, 0.29) is 12.1 Å². The summed E-state index contributed by atoms with van der Waals surface area (Å²) in [7, 11) is 1.47. The van der Waals surface area contributed by atoms with Crippen molar-refractivity contribution in [3.63, 3.8) is 0 Å². The fourth-order valence-electron chi connectivity index (χ4n) is 1.95. The van der Waals surface area contributed by atoms with Crippen molar-refractivity contribution in [3.8, 4) is 5.75 Å². The minimum atomic E-state index is -0.575. The smallest absolute Gasteiger partial charge is 0.418 e. The molecule has 0 fully saturated rings. The van der Waals surface area contributed by atoms with Gasteiger partial charge in [-0.3, -0.25) is 0 Å². The van der Waals surface area contributed by atoms with Gasteiger partial charge in [0, 0.05) is 17.1 Å². The number of halogens is 1. The van der Waals surface area contributed by atoms with E-state index in [0.29, 0.717) is 16.8 Å². The molecule has 20 heavy (non-hydrogen) atoms. The van der Waals surface area contributed by atoms with Crippen LogP contribution in [0.5, 0.6) is 5.75 Å². The lowest BCUT2D eigenvalue weighted by Gasteiger charge is -2.07. The van der Waals surface area contributed by atoms with Crippen LogP contribution in [-0.4, -0.2) is 24.4 Å². The molecule has 5 heteroatoms. The van der Waals surface area contributed by atoms with Gasteiger partial charge >= 0.3 is 6.09 Å². The maximum atomic E-state index is 14.0. The minimum absolute atomic E-state index is 0.215. The largest absolute Gasteiger partial charge is 0.497 e. The molecule has 1 aromatic heterocycles. The van der Waals surface area contributed by atoms with Crippen LogP contribution in [0.25, 0.3) is 10.9 Å². The van der Waals surface area contributed by atoms with Crippen molar-refractivity contribution in [3.05, 3.63) is 29.7 Å². The molecular formula is C15H20FNO3. The Kier molecular flexibility index (Phi) is 5.55. The molecule has 4 nitrogen and oxygen atoms in total. The fourth-order valence-corrected chi connectivity index (χ4v) is 1.95. The molecule has 0 bridgehead atoms. The standard InChI is InChI=1S/C13H14FNO3.C2H6/c1-4-18-13(16)15-8(2)5-9-6-10(17-3)7-11(14)12(9)15;1-2/h5-7H,4H2,1-3H3;1-2H3. The van der Waals surface area contributed by atoms with Gasteiger partial charge in [-0.25, -0.2) is 13.8 Å². The first kappa shape index (κ1) is 16.0. The molecule has 0 spiro atoms. The molecule has 0 amide bonds. The van der Waals surface area contributed by atoms with E-state index < -0.39 is 11.9 Å². The van der Waals surface area contributed by atoms with E-state index in [1.165, 1.54) is 17.7 Å². The highest BCUT2D eigenvalue weighted by atomic mass is 19.1. The number of carbonyl (C=O) groups is 1. The van der Waals surface area contributed by atoms with Crippen molar-refractivity contribution >= 4 is 17.0 Å². The van der Waals surface area contributed by atoms with Gasteiger partial charge < -0.3 is 9.47 Å². The second-order valence-corrected chi connectivity index (χ2v) is 3.87. The zero-order chi connectivity index (χ0) is 15.3. The lowest BCUT2D eigenvalue weighted by Crippen LogP contribution is -2.15. The lowest BCUT2D eigenvalue weighted by molar-refractivity contribution is 0.154. The highest BCUT2D eigenvalue weighted by Gasteiger charge is 2.17. The maximum absolute atomic E-state index is 14.0. The Balaban J connectivity index is 0.000000956. The van der Waals surface area contributed by atoms with Gasteiger partial charge in [0.2, 0.25) is 0 Å². The van der Waals surface area contributed by atoms with Crippen molar-refractivity contribution in [1.82, 2.24) is 4.57 Å². The summed E-state index contributed by atoms with van der Waals surface area (Å²) in [5, 5.41) is 0.609. The van der Waals surface area contributed by atoms with Crippen LogP contribution in [0.4, 0.5) is 9.18 Å². The Bertz CT molecular complexity index is 605. The number of nitrogens with zero attached hydrogens (tertiary/aromatic N) is 1. The first-order chi connectivity index (χ1) is 9.58. The van der Waals surface area contributed by atoms with Crippen LogP contribution in [0.2, 0.25) is 0 Å². The first-order valence-corrected chi connectivity index (χ1v) is 6.61. The van der Waals surface area contributed by atoms with E-state index in [1.54, 1.807) is 26.0 Å². The van der Waals surface area contributed by atoms with Gasteiger partial charge in [0.1, 0.15) is 5.75 Å². The van der Waals surface area contributed by atoms with Crippen LogP contribution in [0, 0.1) is 12.7 Å². The molecule has 1 heterocycles. The van der Waals surface area contributed by atoms with Crippen molar-refractivity contribution < 1.29 is 18.7 Å². The molecule has 110 valence electrons. The van der Waals surface area contributed by atoms with Crippen LogP contribution < -0.4 is 4.74 Å². The minimum Gasteiger partial charge on any atom is -0.497 e. The summed E-state index contributed by atoms with van der Waals surface area (Å²) in [4.78, 5) is 11.8. The van der Waals surface area contributed by atoms with E-state index >= 15 is 0 Å². The zero-order valence-electron chi connectivity index (χ0n) is 12.5. The van der Waals surface area contributed by atoms with E-state index in [9.17, 15) is 9.18 Å². The molecule has 0 aliphatic carbocycles. The van der Waals surface area contributed by atoms with Gasteiger partial charge in [-0.15, -0.1) is 0 Å². The van der Waals surface area contributed by atoms with Crippen LogP contribution in [0.3, 0.4) is 0 Å². The second-order valence-electron chi connectivity index (χ2n) is 3.87. The van der Waals surface area contributed by atoms with E-state index in [1.807, 2.05) is 13.8 Å². The molecule has 0 saturated carbocycles. The third kappa shape index (κ3) is 2.92. The average Bonchev–Trinajstić information content (AvgIpc) is 2.77. The molecule has 0 unspecified atom stereocenters. The van der Waals surface area contributed by atoms with Gasteiger partial charge in [0.25, 0.3) is 0 Å². The Morgan fingerprint density at radius 2 is 1.95 bits per heavy atom. The highest BCUT2D eigenvalue weighted by Crippen LogP contribution is 2.27. The monoisotopic (exact) mass is 281 g/mol. The van der Waals surface area contributed by atoms with Gasteiger partial charge in [-0.2, -0.15) is 0 Å². The molecule has 2 aromatic rings. The van der Waals surface area contributed by atoms with Crippen LogP contribution in [0.15, 0.2) is 18.2 Å². The normalized spacial score (nSPS) is 9.90. The quantitative estimate of drug-likeness (QED) is 0.831. The molecule has 0 N–H and O–H groups in total. The molecule has 0 saturated heterocycles. The molecule has 0 aliphatic heterocycles. The zero-order valence-corrected chi connectivity index (χ0v) is 12.5. The number of carbonyl (C=O) groups excluding carboxylic acids is 1. The molecule has 0 aliphatic rings. The van der Waals surface area contributed by atoms with Crippen LogP contribution >= 0.6 is 0 Å². The third-order valence-corrected chi connectivity index (χ3v) is 2.69. The van der Waals surface area contributed by atoms with Gasteiger partial charge in [0.05, 0.1) is 19.2 Å². The topological polar surface area (TPSA) is 40.5 Å². The second kappa shape index (κ2) is 6.93. The number of hydrogen-bond acceptors (Lipinski definition) is 3. The summed E-state index contributed by atoms with van der Waals surface area (Å²) in [6.07, 6.45) is -0.575. The first-order valence-electron chi connectivity index (χ1n) is 6.61. The fraction of sp³-hybridized carbons (Fsp3) is 0.400. The third-order valence-electron chi connectivity index (χ3n) is 2.69. The molecular weight excluding hydrogens is 261 g/mol. The number of hydrogen-bond donors (Lipinski definition) is 0. The molecule has 0 atom stereocenters. The Hall–Kier alpha value is -2.04. The number of aromatic nitrogens is 1. The molecule has 0 radical (unpaired) electrons. The van der Waals surface area contributed by atoms with Gasteiger partial charge in [-0.1, -0.05) is 13.8 Å². The lowest BCUT2D eigenvalue weighted by atomic mass is 10.2. The van der Waals surface area contributed by atoms with Gasteiger partial charge in [0.15, 0.2) is 5.82 Å². The van der Waals surface area contributed by atoms with Crippen molar-refractivity contribution in [2.75, 3.05) is 13.7 Å². The van der Waals surface area contributed by atoms with Gasteiger partial charge in [-0.05, 0) is 26.0 Å². The summed E-state index contributed by atoms with van der Waals surface area (Å²) in [5.41, 5.74) is 0.836. The van der Waals surface area contributed by atoms with E-state index in [0.717, 1.165) is 0 Å². The van der Waals surface area contributed by atoms with E-state index in [4.69, 9.17) is 9.47 Å². The van der Waals surface area contributed by atoms with E-state index in [2.05, 4.69) is 0 Å². The Labute approximate surface area is 118 Å². The Morgan fingerprint density at radius 3 is 2.50 bits per heavy atom. The van der Waals surface area contributed by atoms with Crippen molar-refractivity contribution in [2.45, 2.75) is 27.7 Å². The van der Waals surface area contributed by atoms with Crippen LogP contribution in [0.1, 0.15) is 26.5 Å². The number of aryl methyl sites for hydroxylation is 1. The molecule has 2 rings (SSSR count). The summed E-state index contributed by atoms with van der Waals surface area (Å²) in [6.45, 7) is 7.68. The highest BCUT2D eigenvalue weighted by molar-refractivity contribution is 5.92.